The quantitative estimate of drug-likeness (QED) is 0.719. The number of amides is 2. The van der Waals surface area contributed by atoms with E-state index in [1.54, 1.807) is 0 Å². The van der Waals surface area contributed by atoms with Gasteiger partial charge in [-0.1, -0.05) is 24.3 Å². The van der Waals surface area contributed by atoms with Crippen molar-refractivity contribution >= 4 is 17.5 Å². The lowest BCUT2D eigenvalue weighted by Gasteiger charge is -2.22. The first-order valence-electron chi connectivity index (χ1n) is 10.0. The van der Waals surface area contributed by atoms with Gasteiger partial charge in [0.05, 0.1) is 19.1 Å². The van der Waals surface area contributed by atoms with E-state index in [9.17, 15) is 9.59 Å². The second kappa shape index (κ2) is 9.56. The predicted molar refractivity (Wildman–Crippen MR) is 114 cm³/mol. The van der Waals surface area contributed by atoms with E-state index < -0.39 is 0 Å². The molecular weight excluding hydrogens is 366 g/mol. The first-order chi connectivity index (χ1) is 13.9. The molecule has 0 spiro atoms. The number of primary amides is 1. The Kier molecular flexibility index (Phi) is 6.88. The first kappa shape index (κ1) is 20.9. The van der Waals surface area contributed by atoms with Crippen LogP contribution in [-0.2, 0) is 16.1 Å². The van der Waals surface area contributed by atoms with E-state index in [4.69, 9.17) is 10.5 Å². The molecule has 0 saturated carbocycles. The van der Waals surface area contributed by atoms with Gasteiger partial charge in [-0.15, -0.1) is 0 Å². The summed E-state index contributed by atoms with van der Waals surface area (Å²) in [6, 6.07) is 13.4. The van der Waals surface area contributed by atoms with E-state index >= 15 is 0 Å². The Balaban J connectivity index is 1.51. The fourth-order valence-corrected chi connectivity index (χ4v) is 3.68. The number of rotatable bonds is 8. The van der Waals surface area contributed by atoms with Crippen molar-refractivity contribution in [2.24, 2.45) is 5.73 Å². The number of likely N-dealkylation sites (tertiary alicyclic amines) is 1. The summed E-state index contributed by atoms with van der Waals surface area (Å²) in [6.45, 7) is 5.88. The highest BCUT2D eigenvalue weighted by molar-refractivity contribution is 5.90. The van der Waals surface area contributed by atoms with Crippen LogP contribution in [0.2, 0.25) is 0 Å². The highest BCUT2D eigenvalue weighted by atomic mass is 16.5. The van der Waals surface area contributed by atoms with Crippen molar-refractivity contribution in [2.75, 3.05) is 18.5 Å². The van der Waals surface area contributed by atoms with E-state index in [1.165, 1.54) is 5.56 Å². The molecule has 2 amide bonds. The van der Waals surface area contributed by atoms with Crippen LogP contribution in [0.5, 0.6) is 5.75 Å². The van der Waals surface area contributed by atoms with E-state index in [-0.39, 0.29) is 24.3 Å². The van der Waals surface area contributed by atoms with Crippen molar-refractivity contribution < 1.29 is 14.3 Å². The van der Waals surface area contributed by atoms with Crippen LogP contribution >= 0.6 is 0 Å². The molecule has 0 radical (unpaired) electrons. The number of hydrogen-bond donors (Lipinski definition) is 2. The average Bonchev–Trinajstić information content (AvgIpc) is 3.14. The number of ether oxygens (including phenoxy) is 1. The number of nitrogens with zero attached hydrogens (tertiary/aromatic N) is 1. The predicted octanol–water partition coefficient (Wildman–Crippen LogP) is 3.16. The van der Waals surface area contributed by atoms with Gasteiger partial charge in [-0.25, -0.2) is 0 Å². The SMILES string of the molecule is Cc1cccc(OCCC(=O)Nc2cccc(CN3CCCC3C(N)=O)c2)c1C. The van der Waals surface area contributed by atoms with Crippen molar-refractivity contribution in [3.8, 4) is 5.75 Å². The van der Waals surface area contributed by atoms with Crippen LogP contribution in [0.25, 0.3) is 0 Å². The smallest absolute Gasteiger partial charge is 0.234 e. The highest BCUT2D eigenvalue weighted by Crippen LogP contribution is 2.22. The van der Waals surface area contributed by atoms with Gasteiger partial charge in [0.2, 0.25) is 11.8 Å². The molecule has 1 unspecified atom stereocenters. The molecule has 154 valence electrons. The summed E-state index contributed by atoms with van der Waals surface area (Å²) >= 11 is 0. The minimum atomic E-state index is -0.268. The third-order valence-electron chi connectivity index (χ3n) is 5.43. The number of nitrogens with two attached hydrogens (primary N) is 1. The summed E-state index contributed by atoms with van der Waals surface area (Å²) in [4.78, 5) is 26.0. The van der Waals surface area contributed by atoms with E-state index in [0.717, 1.165) is 42.0 Å². The molecule has 1 heterocycles. The molecule has 2 aromatic rings. The Labute approximate surface area is 172 Å². The van der Waals surface area contributed by atoms with Gasteiger partial charge < -0.3 is 15.8 Å². The number of carbonyl (C=O) groups is 2. The second-order valence-corrected chi connectivity index (χ2v) is 7.58. The fraction of sp³-hybridized carbons (Fsp3) is 0.391. The van der Waals surface area contributed by atoms with Gasteiger partial charge in [0, 0.05) is 12.2 Å². The monoisotopic (exact) mass is 395 g/mol. The lowest BCUT2D eigenvalue weighted by atomic mass is 10.1. The number of benzene rings is 2. The molecule has 2 aromatic carbocycles. The number of aryl methyl sites for hydroxylation is 1. The molecule has 3 rings (SSSR count). The van der Waals surface area contributed by atoms with Crippen LogP contribution in [0, 0.1) is 13.8 Å². The van der Waals surface area contributed by atoms with Gasteiger partial charge in [-0.3, -0.25) is 14.5 Å². The van der Waals surface area contributed by atoms with E-state index in [0.29, 0.717) is 13.2 Å². The van der Waals surface area contributed by atoms with Gasteiger partial charge in [0.1, 0.15) is 5.75 Å². The number of nitrogens with one attached hydrogen (secondary N) is 1. The van der Waals surface area contributed by atoms with Crippen LogP contribution in [-0.4, -0.2) is 35.9 Å². The van der Waals surface area contributed by atoms with Crippen LogP contribution in [0.15, 0.2) is 42.5 Å². The molecule has 1 aliphatic rings. The van der Waals surface area contributed by atoms with E-state index in [2.05, 4.69) is 10.2 Å². The standard InChI is InChI=1S/C23H29N3O3/c1-16-6-3-10-21(17(16)2)29-13-11-22(27)25-19-8-4-7-18(14-19)15-26-12-5-9-20(26)23(24)28/h3-4,6-8,10,14,20H,5,9,11-13,15H2,1-2H3,(H2,24,28)(H,25,27). The summed E-state index contributed by atoms with van der Waals surface area (Å²) < 4.78 is 5.76. The first-order valence-corrected chi connectivity index (χ1v) is 10.0. The zero-order valence-electron chi connectivity index (χ0n) is 17.1. The molecule has 1 atom stereocenters. The average molecular weight is 396 g/mol. The summed E-state index contributed by atoms with van der Waals surface area (Å²) in [5, 5.41) is 2.92. The fourth-order valence-electron chi connectivity index (χ4n) is 3.68. The van der Waals surface area contributed by atoms with Gasteiger partial charge in [-0.2, -0.15) is 0 Å². The Bertz CT molecular complexity index is 881. The molecule has 0 aliphatic carbocycles. The molecular formula is C23H29N3O3. The maximum atomic E-state index is 12.3. The molecule has 1 saturated heterocycles. The van der Waals surface area contributed by atoms with Crippen molar-refractivity contribution in [3.63, 3.8) is 0 Å². The Morgan fingerprint density at radius 3 is 2.79 bits per heavy atom. The lowest BCUT2D eigenvalue weighted by Crippen LogP contribution is -2.39. The van der Waals surface area contributed by atoms with Crippen molar-refractivity contribution in [2.45, 2.75) is 45.7 Å². The number of carbonyl (C=O) groups excluding carboxylic acids is 2. The topological polar surface area (TPSA) is 84.7 Å². The van der Waals surface area contributed by atoms with Crippen LogP contribution in [0.3, 0.4) is 0 Å². The minimum Gasteiger partial charge on any atom is -0.493 e. The zero-order valence-corrected chi connectivity index (χ0v) is 17.1. The molecule has 1 fully saturated rings. The maximum Gasteiger partial charge on any atom is 0.234 e. The zero-order chi connectivity index (χ0) is 20.8. The Hall–Kier alpha value is -2.86. The molecule has 1 aliphatic heterocycles. The highest BCUT2D eigenvalue weighted by Gasteiger charge is 2.28. The van der Waals surface area contributed by atoms with Gasteiger partial charge >= 0.3 is 0 Å². The molecule has 0 bridgehead atoms. The van der Waals surface area contributed by atoms with Crippen LogP contribution in [0.4, 0.5) is 5.69 Å². The summed E-state index contributed by atoms with van der Waals surface area (Å²) in [5.74, 6) is 0.453. The van der Waals surface area contributed by atoms with Gasteiger partial charge in [0.25, 0.3) is 0 Å². The third kappa shape index (κ3) is 5.57. The molecule has 6 nitrogen and oxygen atoms in total. The van der Waals surface area contributed by atoms with Crippen molar-refractivity contribution in [1.29, 1.82) is 0 Å². The second-order valence-electron chi connectivity index (χ2n) is 7.58. The molecule has 3 N–H and O–H groups in total. The summed E-state index contributed by atoms with van der Waals surface area (Å²) in [6.07, 6.45) is 2.06. The summed E-state index contributed by atoms with van der Waals surface area (Å²) in [7, 11) is 0. The molecule has 0 aromatic heterocycles. The van der Waals surface area contributed by atoms with Gasteiger partial charge in [-0.05, 0) is 68.1 Å². The number of hydrogen-bond acceptors (Lipinski definition) is 4. The maximum absolute atomic E-state index is 12.3. The van der Waals surface area contributed by atoms with Gasteiger partial charge in [0.15, 0.2) is 0 Å². The van der Waals surface area contributed by atoms with E-state index in [1.807, 2.05) is 56.3 Å². The van der Waals surface area contributed by atoms with Crippen molar-refractivity contribution in [1.82, 2.24) is 4.90 Å². The van der Waals surface area contributed by atoms with Crippen LogP contribution < -0.4 is 15.8 Å². The molecule has 6 heteroatoms. The molecule has 29 heavy (non-hydrogen) atoms. The van der Waals surface area contributed by atoms with Crippen LogP contribution in [0.1, 0.15) is 36.0 Å². The Morgan fingerprint density at radius 2 is 2.00 bits per heavy atom. The third-order valence-corrected chi connectivity index (χ3v) is 5.43. The Morgan fingerprint density at radius 1 is 1.21 bits per heavy atom. The lowest BCUT2D eigenvalue weighted by molar-refractivity contribution is -0.122. The summed E-state index contributed by atoms with van der Waals surface area (Å²) in [5.41, 5.74) is 9.54. The largest absolute Gasteiger partial charge is 0.493 e. The van der Waals surface area contributed by atoms with Crippen molar-refractivity contribution in [3.05, 3.63) is 59.2 Å². The minimum absolute atomic E-state index is 0.0939. The number of anilines is 1. The normalized spacial score (nSPS) is 16.6.